The first-order valence-corrected chi connectivity index (χ1v) is 6.25. The second-order valence-electron chi connectivity index (χ2n) is 5.20. The smallest absolute Gasteiger partial charge is 0.274 e. The Balaban J connectivity index is 1.82. The highest BCUT2D eigenvalue weighted by atomic mass is 16.2. The van der Waals surface area contributed by atoms with Gasteiger partial charge in [-0.05, 0) is 31.6 Å². The molecule has 3 rings (SSSR count). The predicted octanol–water partition coefficient (Wildman–Crippen LogP) is 1.02. The van der Waals surface area contributed by atoms with E-state index in [0.29, 0.717) is 23.3 Å². The fraction of sp³-hybridized carbons (Fsp3) is 0.667. The van der Waals surface area contributed by atoms with Crippen LogP contribution in [0.3, 0.4) is 0 Å². The third-order valence-electron chi connectivity index (χ3n) is 3.57. The molecular formula is C12H18N4O. The molecule has 0 unspecified atom stereocenters. The molecule has 2 N–H and O–H groups in total. The Morgan fingerprint density at radius 3 is 2.71 bits per heavy atom. The average molecular weight is 234 g/mol. The van der Waals surface area contributed by atoms with Gasteiger partial charge in [0.15, 0.2) is 0 Å². The number of anilines is 1. The number of carbonyl (C=O) groups is 1. The summed E-state index contributed by atoms with van der Waals surface area (Å²) in [6.07, 6.45) is 6.34. The SMILES string of the molecule is Cn1ncc(N)c1C(=O)N(CC1CC1)C1CC1. The summed E-state index contributed by atoms with van der Waals surface area (Å²) in [5, 5.41) is 4.04. The van der Waals surface area contributed by atoms with Crippen molar-refractivity contribution >= 4 is 11.6 Å². The summed E-state index contributed by atoms with van der Waals surface area (Å²) in [5.41, 5.74) is 6.84. The van der Waals surface area contributed by atoms with Crippen molar-refractivity contribution in [3.05, 3.63) is 11.9 Å². The highest BCUT2D eigenvalue weighted by Gasteiger charge is 2.38. The molecule has 2 aliphatic carbocycles. The van der Waals surface area contributed by atoms with Gasteiger partial charge in [-0.15, -0.1) is 0 Å². The van der Waals surface area contributed by atoms with Crippen LogP contribution in [0.2, 0.25) is 0 Å². The largest absolute Gasteiger partial charge is 0.396 e. The van der Waals surface area contributed by atoms with Crippen LogP contribution >= 0.6 is 0 Å². The molecule has 0 spiro atoms. The Kier molecular flexibility index (Phi) is 2.34. The van der Waals surface area contributed by atoms with Crippen LogP contribution in [0, 0.1) is 5.92 Å². The summed E-state index contributed by atoms with van der Waals surface area (Å²) in [5.74, 6) is 0.769. The van der Waals surface area contributed by atoms with Gasteiger partial charge in [0.25, 0.3) is 5.91 Å². The van der Waals surface area contributed by atoms with E-state index in [-0.39, 0.29) is 5.91 Å². The molecule has 1 heterocycles. The summed E-state index contributed by atoms with van der Waals surface area (Å²) in [6.45, 7) is 0.897. The minimum absolute atomic E-state index is 0.0527. The molecule has 2 aliphatic rings. The molecule has 0 saturated heterocycles. The summed E-state index contributed by atoms with van der Waals surface area (Å²) in [6, 6.07) is 0.442. The minimum atomic E-state index is 0.0527. The number of carbonyl (C=O) groups excluding carboxylic acids is 1. The standard InChI is InChI=1S/C12H18N4O/c1-15-11(10(13)6-14-15)12(17)16(9-4-5-9)7-8-2-3-8/h6,8-9H,2-5,7,13H2,1H3. The summed E-state index contributed by atoms with van der Waals surface area (Å²) < 4.78 is 1.58. The number of aryl methyl sites for hydroxylation is 1. The lowest BCUT2D eigenvalue weighted by atomic mass is 10.2. The summed E-state index contributed by atoms with van der Waals surface area (Å²) in [4.78, 5) is 14.5. The minimum Gasteiger partial charge on any atom is -0.396 e. The predicted molar refractivity (Wildman–Crippen MR) is 64.4 cm³/mol. The van der Waals surface area contributed by atoms with Gasteiger partial charge in [-0.1, -0.05) is 0 Å². The molecule has 0 bridgehead atoms. The molecule has 1 amide bonds. The van der Waals surface area contributed by atoms with Crippen molar-refractivity contribution in [2.45, 2.75) is 31.7 Å². The van der Waals surface area contributed by atoms with Crippen molar-refractivity contribution in [2.75, 3.05) is 12.3 Å². The van der Waals surface area contributed by atoms with Gasteiger partial charge >= 0.3 is 0 Å². The average Bonchev–Trinajstić information content (AvgIpc) is 3.16. The van der Waals surface area contributed by atoms with E-state index in [0.717, 1.165) is 19.4 Å². The van der Waals surface area contributed by atoms with Crippen LogP contribution in [0.1, 0.15) is 36.2 Å². The van der Waals surface area contributed by atoms with Crippen molar-refractivity contribution in [1.82, 2.24) is 14.7 Å². The molecule has 5 heteroatoms. The van der Waals surface area contributed by atoms with E-state index < -0.39 is 0 Å². The lowest BCUT2D eigenvalue weighted by molar-refractivity contribution is 0.0724. The number of nitrogens with two attached hydrogens (primary N) is 1. The maximum absolute atomic E-state index is 12.5. The molecule has 17 heavy (non-hydrogen) atoms. The van der Waals surface area contributed by atoms with E-state index in [2.05, 4.69) is 5.10 Å². The van der Waals surface area contributed by atoms with Crippen LogP contribution in [0.5, 0.6) is 0 Å². The van der Waals surface area contributed by atoms with Crippen molar-refractivity contribution in [3.8, 4) is 0 Å². The molecule has 2 saturated carbocycles. The van der Waals surface area contributed by atoms with Gasteiger partial charge in [-0.25, -0.2) is 0 Å². The van der Waals surface area contributed by atoms with Crippen LogP contribution in [-0.4, -0.2) is 33.2 Å². The van der Waals surface area contributed by atoms with E-state index >= 15 is 0 Å². The molecule has 2 fully saturated rings. The van der Waals surface area contributed by atoms with Gasteiger partial charge < -0.3 is 10.6 Å². The molecule has 5 nitrogen and oxygen atoms in total. The Morgan fingerprint density at radius 1 is 1.53 bits per heavy atom. The van der Waals surface area contributed by atoms with Gasteiger partial charge in [0, 0.05) is 19.6 Å². The normalized spacial score (nSPS) is 19.4. The first kappa shape index (κ1) is 10.6. The maximum Gasteiger partial charge on any atom is 0.274 e. The van der Waals surface area contributed by atoms with Gasteiger partial charge in [0.2, 0.25) is 0 Å². The number of hydrogen-bond acceptors (Lipinski definition) is 3. The Hall–Kier alpha value is -1.52. The van der Waals surface area contributed by atoms with Crippen LogP contribution in [0.15, 0.2) is 6.20 Å². The van der Waals surface area contributed by atoms with Crippen LogP contribution < -0.4 is 5.73 Å². The number of nitrogens with zero attached hydrogens (tertiary/aromatic N) is 3. The molecular weight excluding hydrogens is 216 g/mol. The zero-order valence-electron chi connectivity index (χ0n) is 10.1. The van der Waals surface area contributed by atoms with E-state index in [1.54, 1.807) is 17.9 Å². The second kappa shape index (κ2) is 3.75. The van der Waals surface area contributed by atoms with Crippen molar-refractivity contribution in [3.63, 3.8) is 0 Å². The molecule has 0 atom stereocenters. The van der Waals surface area contributed by atoms with Crippen LogP contribution in [-0.2, 0) is 7.05 Å². The lowest BCUT2D eigenvalue weighted by Crippen LogP contribution is -2.36. The monoisotopic (exact) mass is 234 g/mol. The highest BCUT2D eigenvalue weighted by molar-refractivity contribution is 5.97. The summed E-state index contributed by atoms with van der Waals surface area (Å²) >= 11 is 0. The quantitative estimate of drug-likeness (QED) is 0.845. The third kappa shape index (κ3) is 2.01. The van der Waals surface area contributed by atoms with Crippen molar-refractivity contribution in [1.29, 1.82) is 0 Å². The molecule has 0 aliphatic heterocycles. The first-order valence-electron chi connectivity index (χ1n) is 6.25. The molecule has 1 aromatic heterocycles. The third-order valence-corrected chi connectivity index (χ3v) is 3.57. The number of rotatable bonds is 4. The summed E-state index contributed by atoms with van der Waals surface area (Å²) in [7, 11) is 1.77. The molecule has 1 aromatic rings. The Morgan fingerprint density at radius 2 is 2.24 bits per heavy atom. The van der Waals surface area contributed by atoms with E-state index in [4.69, 9.17) is 5.73 Å². The van der Waals surface area contributed by atoms with Crippen LogP contribution in [0.25, 0.3) is 0 Å². The van der Waals surface area contributed by atoms with Gasteiger partial charge in [0.05, 0.1) is 11.9 Å². The van der Waals surface area contributed by atoms with Crippen LogP contribution in [0.4, 0.5) is 5.69 Å². The first-order chi connectivity index (χ1) is 8.16. The second-order valence-corrected chi connectivity index (χ2v) is 5.20. The maximum atomic E-state index is 12.5. The fourth-order valence-corrected chi connectivity index (χ4v) is 2.22. The molecule has 0 radical (unpaired) electrons. The number of nitrogen functional groups attached to an aromatic ring is 1. The van der Waals surface area contributed by atoms with E-state index in [9.17, 15) is 4.79 Å². The van der Waals surface area contributed by atoms with Gasteiger partial charge in [-0.2, -0.15) is 5.10 Å². The topological polar surface area (TPSA) is 64.2 Å². The number of aromatic nitrogens is 2. The zero-order valence-corrected chi connectivity index (χ0v) is 10.1. The van der Waals surface area contributed by atoms with Crippen molar-refractivity contribution < 1.29 is 4.79 Å². The molecule has 92 valence electrons. The molecule has 0 aromatic carbocycles. The van der Waals surface area contributed by atoms with Gasteiger partial charge in [0.1, 0.15) is 5.69 Å². The Bertz CT molecular complexity index is 426. The fourth-order valence-electron chi connectivity index (χ4n) is 2.22. The van der Waals surface area contributed by atoms with Gasteiger partial charge in [-0.3, -0.25) is 9.48 Å². The van der Waals surface area contributed by atoms with E-state index in [1.807, 2.05) is 4.90 Å². The number of hydrogen-bond donors (Lipinski definition) is 1. The lowest BCUT2D eigenvalue weighted by Gasteiger charge is -2.22. The Labute approximate surface area is 101 Å². The van der Waals surface area contributed by atoms with E-state index in [1.165, 1.54) is 12.8 Å². The number of amides is 1. The zero-order chi connectivity index (χ0) is 12.0. The highest BCUT2D eigenvalue weighted by Crippen LogP contribution is 2.35. The van der Waals surface area contributed by atoms with Crippen molar-refractivity contribution in [2.24, 2.45) is 13.0 Å².